The first kappa shape index (κ1) is 12.6. The average Bonchev–Trinajstić information content (AvgIpc) is 2.36. The summed E-state index contributed by atoms with van der Waals surface area (Å²) in [5.41, 5.74) is -0.0249. The monoisotopic (exact) mass is 244 g/mol. The molecule has 1 aromatic carbocycles. The van der Waals surface area contributed by atoms with Crippen LogP contribution in [0, 0.1) is 16.7 Å². The van der Waals surface area contributed by atoms with E-state index in [4.69, 9.17) is 5.26 Å². The van der Waals surface area contributed by atoms with Gasteiger partial charge < -0.3 is 10.4 Å². The minimum Gasteiger partial charge on any atom is -0.394 e. The van der Waals surface area contributed by atoms with Crippen LogP contribution in [0.1, 0.15) is 30.9 Å². The highest BCUT2D eigenvalue weighted by atomic mass is 16.3. The van der Waals surface area contributed by atoms with Crippen LogP contribution < -0.4 is 5.32 Å². The van der Waals surface area contributed by atoms with Crippen LogP contribution in [0.2, 0.25) is 0 Å². The van der Waals surface area contributed by atoms with Crippen molar-refractivity contribution in [2.24, 2.45) is 5.41 Å². The van der Waals surface area contributed by atoms with E-state index >= 15 is 0 Å². The number of aliphatic hydroxyl groups excluding tert-OH is 1. The minimum atomic E-state index is -0.873. The second kappa shape index (κ2) is 5.19. The summed E-state index contributed by atoms with van der Waals surface area (Å²) in [7, 11) is 0. The molecule has 2 rings (SSSR count). The van der Waals surface area contributed by atoms with Crippen molar-refractivity contribution >= 4 is 5.91 Å². The van der Waals surface area contributed by atoms with Gasteiger partial charge in [-0.05, 0) is 24.8 Å². The topological polar surface area (TPSA) is 73.1 Å². The predicted octanol–water partition coefficient (Wildman–Crippen LogP) is 1.53. The highest BCUT2D eigenvalue weighted by Crippen LogP contribution is 2.40. The average molecular weight is 244 g/mol. The summed E-state index contributed by atoms with van der Waals surface area (Å²) in [4.78, 5) is 12.1. The molecule has 1 amide bonds. The van der Waals surface area contributed by atoms with E-state index in [2.05, 4.69) is 11.4 Å². The Morgan fingerprint density at radius 3 is 2.56 bits per heavy atom. The molecule has 0 saturated heterocycles. The Balaban J connectivity index is 2.08. The number of hydrogen-bond donors (Lipinski definition) is 2. The normalized spacial score (nSPS) is 18.2. The van der Waals surface area contributed by atoms with Gasteiger partial charge >= 0.3 is 0 Å². The van der Waals surface area contributed by atoms with Crippen molar-refractivity contribution in [3.05, 3.63) is 35.9 Å². The molecule has 2 N–H and O–H groups in total. The van der Waals surface area contributed by atoms with Crippen LogP contribution in [0.4, 0.5) is 0 Å². The van der Waals surface area contributed by atoms with Crippen LogP contribution in [0.5, 0.6) is 0 Å². The standard InChI is InChI=1S/C14H16N2O2/c15-10-14(7-4-8-14)13(18)16-12(9-17)11-5-2-1-3-6-11/h1-3,5-6,12,17H,4,7-9H2,(H,16,18)/t12-/m1/s1. The molecule has 1 aliphatic carbocycles. The van der Waals surface area contributed by atoms with Gasteiger partial charge in [-0.3, -0.25) is 4.79 Å². The van der Waals surface area contributed by atoms with Gasteiger partial charge in [0.05, 0.1) is 18.7 Å². The Hall–Kier alpha value is -1.86. The van der Waals surface area contributed by atoms with Gasteiger partial charge in [0.1, 0.15) is 5.41 Å². The number of hydrogen-bond acceptors (Lipinski definition) is 3. The Bertz CT molecular complexity index is 460. The van der Waals surface area contributed by atoms with Gasteiger partial charge in [0.15, 0.2) is 0 Å². The fourth-order valence-corrected chi connectivity index (χ4v) is 2.14. The molecule has 4 nitrogen and oxygen atoms in total. The van der Waals surface area contributed by atoms with Crippen molar-refractivity contribution in [2.75, 3.05) is 6.61 Å². The molecule has 0 unspecified atom stereocenters. The number of carbonyl (C=O) groups excluding carboxylic acids is 1. The van der Waals surface area contributed by atoms with Crippen LogP contribution >= 0.6 is 0 Å². The molecule has 1 aromatic rings. The van der Waals surface area contributed by atoms with Crippen LogP contribution in [-0.4, -0.2) is 17.6 Å². The quantitative estimate of drug-likeness (QED) is 0.843. The van der Waals surface area contributed by atoms with E-state index in [1.54, 1.807) is 0 Å². The molecule has 1 aliphatic rings. The summed E-state index contributed by atoms with van der Waals surface area (Å²) in [6, 6.07) is 10.9. The minimum absolute atomic E-state index is 0.169. The van der Waals surface area contributed by atoms with Crippen molar-refractivity contribution in [1.29, 1.82) is 5.26 Å². The fraction of sp³-hybridized carbons (Fsp3) is 0.429. The maximum Gasteiger partial charge on any atom is 0.241 e. The second-order valence-electron chi connectivity index (χ2n) is 4.67. The van der Waals surface area contributed by atoms with Gasteiger partial charge in [-0.25, -0.2) is 0 Å². The largest absolute Gasteiger partial charge is 0.394 e. The van der Waals surface area contributed by atoms with Crippen molar-refractivity contribution in [2.45, 2.75) is 25.3 Å². The highest BCUT2D eigenvalue weighted by Gasteiger charge is 2.45. The van der Waals surface area contributed by atoms with E-state index in [-0.39, 0.29) is 12.5 Å². The highest BCUT2D eigenvalue weighted by molar-refractivity contribution is 5.86. The number of rotatable bonds is 4. The molecule has 4 heteroatoms. The maximum atomic E-state index is 12.1. The molecule has 1 atom stereocenters. The summed E-state index contributed by atoms with van der Waals surface area (Å²) < 4.78 is 0. The number of amides is 1. The van der Waals surface area contributed by atoms with Crippen molar-refractivity contribution in [1.82, 2.24) is 5.32 Å². The zero-order valence-corrected chi connectivity index (χ0v) is 10.1. The van der Waals surface area contributed by atoms with Crippen LogP contribution in [-0.2, 0) is 4.79 Å². The lowest BCUT2D eigenvalue weighted by Crippen LogP contribution is -2.46. The number of aliphatic hydroxyl groups is 1. The molecule has 94 valence electrons. The Morgan fingerprint density at radius 2 is 2.11 bits per heavy atom. The molecular formula is C14H16N2O2. The summed E-state index contributed by atoms with van der Waals surface area (Å²) >= 11 is 0. The number of carbonyl (C=O) groups is 1. The Labute approximate surface area is 106 Å². The molecular weight excluding hydrogens is 228 g/mol. The van der Waals surface area contributed by atoms with E-state index in [1.165, 1.54) is 0 Å². The van der Waals surface area contributed by atoms with E-state index in [1.807, 2.05) is 30.3 Å². The van der Waals surface area contributed by atoms with E-state index < -0.39 is 11.5 Å². The third-order valence-electron chi connectivity index (χ3n) is 3.55. The molecule has 0 aliphatic heterocycles. The lowest BCUT2D eigenvalue weighted by molar-refractivity contribution is -0.132. The summed E-state index contributed by atoms with van der Waals surface area (Å²) in [5.74, 6) is -0.265. The molecule has 1 fully saturated rings. The Morgan fingerprint density at radius 1 is 1.44 bits per heavy atom. The van der Waals surface area contributed by atoms with Crippen LogP contribution in [0.25, 0.3) is 0 Å². The maximum absolute atomic E-state index is 12.1. The first-order valence-corrected chi connectivity index (χ1v) is 6.10. The van der Waals surface area contributed by atoms with E-state index in [0.29, 0.717) is 12.8 Å². The Kier molecular flexibility index (Phi) is 3.63. The smallest absolute Gasteiger partial charge is 0.241 e. The molecule has 0 heterocycles. The zero-order chi connectivity index (χ0) is 13.0. The van der Waals surface area contributed by atoms with Gasteiger partial charge in [-0.2, -0.15) is 5.26 Å². The molecule has 1 saturated carbocycles. The number of nitrogens with one attached hydrogen (secondary N) is 1. The third kappa shape index (κ3) is 2.22. The SMILES string of the molecule is N#CC1(C(=O)N[C@H](CO)c2ccccc2)CCC1. The van der Waals surface area contributed by atoms with Crippen molar-refractivity contribution in [3.8, 4) is 6.07 Å². The number of nitrogens with zero attached hydrogens (tertiary/aromatic N) is 1. The number of benzene rings is 1. The zero-order valence-electron chi connectivity index (χ0n) is 10.1. The first-order chi connectivity index (χ1) is 8.72. The van der Waals surface area contributed by atoms with Crippen molar-refractivity contribution in [3.63, 3.8) is 0 Å². The van der Waals surface area contributed by atoms with Gasteiger partial charge in [-0.15, -0.1) is 0 Å². The van der Waals surface area contributed by atoms with Gasteiger partial charge in [0, 0.05) is 0 Å². The summed E-state index contributed by atoms with van der Waals surface area (Å²) in [6.45, 7) is -0.169. The number of nitriles is 1. The molecule has 0 spiro atoms. The predicted molar refractivity (Wildman–Crippen MR) is 66.3 cm³/mol. The van der Waals surface area contributed by atoms with Crippen LogP contribution in [0.15, 0.2) is 30.3 Å². The van der Waals surface area contributed by atoms with Crippen LogP contribution in [0.3, 0.4) is 0 Å². The first-order valence-electron chi connectivity index (χ1n) is 6.10. The lowest BCUT2D eigenvalue weighted by Gasteiger charge is -2.34. The second-order valence-corrected chi connectivity index (χ2v) is 4.67. The molecule has 18 heavy (non-hydrogen) atoms. The van der Waals surface area contributed by atoms with Gasteiger partial charge in [0.25, 0.3) is 0 Å². The lowest BCUT2D eigenvalue weighted by atomic mass is 9.69. The van der Waals surface area contributed by atoms with Crippen molar-refractivity contribution < 1.29 is 9.90 Å². The van der Waals surface area contributed by atoms with Gasteiger partial charge in [0.2, 0.25) is 5.91 Å². The van der Waals surface area contributed by atoms with E-state index in [0.717, 1.165) is 12.0 Å². The molecule has 0 bridgehead atoms. The molecule has 0 aromatic heterocycles. The fourth-order valence-electron chi connectivity index (χ4n) is 2.14. The summed E-state index contributed by atoms with van der Waals surface area (Å²) in [6.07, 6.45) is 2.14. The third-order valence-corrected chi connectivity index (χ3v) is 3.55. The summed E-state index contributed by atoms with van der Waals surface area (Å²) in [5, 5.41) is 21.2. The van der Waals surface area contributed by atoms with E-state index in [9.17, 15) is 9.90 Å². The van der Waals surface area contributed by atoms with Gasteiger partial charge in [-0.1, -0.05) is 30.3 Å². The molecule has 0 radical (unpaired) electrons.